The van der Waals surface area contributed by atoms with Crippen molar-refractivity contribution in [2.75, 3.05) is 26.8 Å². The van der Waals surface area contributed by atoms with Crippen molar-refractivity contribution in [1.82, 2.24) is 19.4 Å². The molecule has 1 aliphatic heterocycles. The number of carboxylic acid groups (broad SMARTS) is 1. The van der Waals surface area contributed by atoms with E-state index >= 15 is 0 Å². The molecule has 1 aliphatic carbocycles. The van der Waals surface area contributed by atoms with E-state index < -0.39 is 6.09 Å². The fourth-order valence-electron chi connectivity index (χ4n) is 5.62. The summed E-state index contributed by atoms with van der Waals surface area (Å²) in [6, 6.07) is 2.08. The van der Waals surface area contributed by atoms with Gasteiger partial charge in [0, 0.05) is 42.8 Å². The lowest BCUT2D eigenvalue weighted by molar-refractivity contribution is 0.101. The number of aromatic nitrogens is 3. The molecule has 8 heteroatoms. The van der Waals surface area contributed by atoms with E-state index in [0.717, 1.165) is 47.3 Å². The highest BCUT2D eigenvalue weighted by Gasteiger charge is 2.74. The zero-order chi connectivity index (χ0) is 21.0. The Hall–Kier alpha value is -1.67. The first kappa shape index (κ1) is 20.6. The highest BCUT2D eigenvalue weighted by atomic mass is 79.9. The van der Waals surface area contributed by atoms with Gasteiger partial charge in [0.1, 0.15) is 5.82 Å². The van der Waals surface area contributed by atoms with Crippen LogP contribution < -0.4 is 0 Å². The number of likely N-dealkylation sites (tertiary alicyclic amines) is 1. The van der Waals surface area contributed by atoms with Crippen LogP contribution in [0, 0.1) is 10.8 Å². The Morgan fingerprint density at radius 1 is 1.34 bits per heavy atom. The molecule has 1 atom stereocenters. The number of hydrogen-bond acceptors (Lipinski definition) is 4. The smallest absolute Gasteiger partial charge is 0.407 e. The third-order valence-electron chi connectivity index (χ3n) is 7.13. The van der Waals surface area contributed by atoms with E-state index in [1.165, 1.54) is 0 Å². The van der Waals surface area contributed by atoms with Crippen molar-refractivity contribution in [2.24, 2.45) is 10.8 Å². The highest BCUT2D eigenvalue weighted by Crippen LogP contribution is 2.75. The molecule has 2 aromatic rings. The summed E-state index contributed by atoms with van der Waals surface area (Å²) < 4.78 is 8.60. The third-order valence-corrected chi connectivity index (χ3v) is 7.56. The number of methoxy groups -OCH3 is 1. The molecule has 4 rings (SSSR count). The summed E-state index contributed by atoms with van der Waals surface area (Å²) in [5, 5.41) is 9.38. The fraction of sp³-hybridized carbons (Fsp3) is 0.667. The molecule has 7 nitrogen and oxygen atoms in total. The molecule has 2 aromatic heterocycles. The van der Waals surface area contributed by atoms with Gasteiger partial charge >= 0.3 is 6.09 Å². The van der Waals surface area contributed by atoms with Gasteiger partial charge in [-0.2, -0.15) is 0 Å². The number of imidazole rings is 1. The first-order valence-electron chi connectivity index (χ1n) is 10.1. The molecule has 0 radical (unpaired) electrons. The first-order chi connectivity index (χ1) is 13.6. The van der Waals surface area contributed by atoms with Gasteiger partial charge in [-0.05, 0) is 52.1 Å². The topological polar surface area (TPSA) is 80.5 Å². The summed E-state index contributed by atoms with van der Waals surface area (Å²) in [4.78, 5) is 22.6. The number of piperidine rings is 1. The summed E-state index contributed by atoms with van der Waals surface area (Å²) in [7, 11) is 1.72. The van der Waals surface area contributed by atoms with Crippen molar-refractivity contribution in [3.63, 3.8) is 0 Å². The predicted octanol–water partition coefficient (Wildman–Crippen LogP) is 4.29. The van der Waals surface area contributed by atoms with E-state index in [0.29, 0.717) is 19.7 Å². The quantitative estimate of drug-likeness (QED) is 0.729. The number of fused-ring (bicyclic) bond motifs is 1. The van der Waals surface area contributed by atoms with Crippen LogP contribution in [0.5, 0.6) is 0 Å². The predicted molar refractivity (Wildman–Crippen MR) is 114 cm³/mol. The van der Waals surface area contributed by atoms with Gasteiger partial charge in [0.25, 0.3) is 0 Å². The maximum atomic E-state index is 11.4. The molecule has 3 heterocycles. The number of pyridine rings is 1. The zero-order valence-corrected chi connectivity index (χ0v) is 19.1. The molecule has 0 aromatic carbocycles. The number of ether oxygens (including phenoxy) is 1. The van der Waals surface area contributed by atoms with Gasteiger partial charge < -0.3 is 19.3 Å². The molecule has 2 fully saturated rings. The maximum absolute atomic E-state index is 11.4. The van der Waals surface area contributed by atoms with Crippen molar-refractivity contribution < 1.29 is 14.6 Å². The lowest BCUT2D eigenvalue weighted by Crippen LogP contribution is -2.43. The van der Waals surface area contributed by atoms with Gasteiger partial charge in [-0.1, -0.05) is 20.8 Å². The third kappa shape index (κ3) is 3.06. The monoisotopic (exact) mass is 464 g/mol. The van der Waals surface area contributed by atoms with E-state index in [2.05, 4.69) is 52.3 Å². The second-order valence-electron chi connectivity index (χ2n) is 9.46. The van der Waals surface area contributed by atoms with E-state index in [1.54, 1.807) is 18.2 Å². The maximum Gasteiger partial charge on any atom is 0.407 e. The summed E-state index contributed by atoms with van der Waals surface area (Å²) in [5.41, 5.74) is 1.74. The minimum atomic E-state index is -0.816. The van der Waals surface area contributed by atoms with Crippen molar-refractivity contribution in [1.29, 1.82) is 0 Å². The lowest BCUT2D eigenvalue weighted by atomic mass is 9.69. The largest absolute Gasteiger partial charge is 0.465 e. The molecule has 1 N–H and O–H groups in total. The average molecular weight is 465 g/mol. The van der Waals surface area contributed by atoms with Crippen molar-refractivity contribution in [3.8, 4) is 0 Å². The van der Waals surface area contributed by atoms with Crippen molar-refractivity contribution in [3.05, 3.63) is 22.6 Å². The molecule has 158 valence electrons. The molecule has 1 spiro atoms. The SMILES string of the molecule is COCCn1c(C2(C(C)(C)C)CC23CCN(C(=O)O)CC3)nc2ncc(Br)cc21. The Balaban J connectivity index is 1.82. The normalized spacial score (nSPS) is 23.7. The summed E-state index contributed by atoms with van der Waals surface area (Å²) >= 11 is 3.54. The minimum absolute atomic E-state index is 0.0121. The molecule has 29 heavy (non-hydrogen) atoms. The average Bonchev–Trinajstić information content (AvgIpc) is 3.17. The van der Waals surface area contributed by atoms with Crippen LogP contribution in [0.25, 0.3) is 11.2 Å². The number of nitrogens with zero attached hydrogens (tertiary/aromatic N) is 4. The molecule has 2 aliphatic rings. The molecule has 1 saturated carbocycles. The Bertz CT molecular complexity index is 943. The van der Waals surface area contributed by atoms with E-state index in [1.807, 2.05) is 0 Å². The van der Waals surface area contributed by atoms with Crippen LogP contribution >= 0.6 is 15.9 Å². The summed E-state index contributed by atoms with van der Waals surface area (Å²) in [6.45, 7) is 9.36. The number of halogens is 1. The van der Waals surface area contributed by atoms with Crippen LogP contribution in [0.2, 0.25) is 0 Å². The van der Waals surface area contributed by atoms with Gasteiger partial charge in [-0.25, -0.2) is 14.8 Å². The summed E-state index contributed by atoms with van der Waals surface area (Å²) in [6.07, 6.45) is 3.76. The zero-order valence-electron chi connectivity index (χ0n) is 17.5. The Kier molecular flexibility index (Phi) is 4.93. The molecule has 1 saturated heterocycles. The number of carbonyl (C=O) groups is 1. The molecular formula is C21H29BrN4O3. The van der Waals surface area contributed by atoms with Crippen molar-refractivity contribution in [2.45, 2.75) is 52.0 Å². The number of hydrogen-bond donors (Lipinski definition) is 1. The summed E-state index contributed by atoms with van der Waals surface area (Å²) in [5.74, 6) is 1.08. The second kappa shape index (κ2) is 6.94. The van der Waals surface area contributed by atoms with Crippen LogP contribution in [0.4, 0.5) is 4.79 Å². The van der Waals surface area contributed by atoms with E-state index in [4.69, 9.17) is 9.72 Å². The van der Waals surface area contributed by atoms with E-state index in [9.17, 15) is 9.90 Å². The molecule has 0 bridgehead atoms. The fourth-order valence-corrected chi connectivity index (χ4v) is 5.94. The molecule has 1 unspecified atom stereocenters. The van der Waals surface area contributed by atoms with Crippen LogP contribution in [0.3, 0.4) is 0 Å². The number of amides is 1. The van der Waals surface area contributed by atoms with Gasteiger partial charge in [-0.15, -0.1) is 0 Å². The van der Waals surface area contributed by atoms with Crippen LogP contribution in [-0.4, -0.2) is 57.4 Å². The number of rotatable bonds is 4. The Labute approximate surface area is 179 Å². The molecular weight excluding hydrogens is 436 g/mol. The lowest BCUT2D eigenvalue weighted by Gasteiger charge is -2.40. The van der Waals surface area contributed by atoms with E-state index in [-0.39, 0.29) is 16.2 Å². The van der Waals surface area contributed by atoms with Gasteiger partial charge in [0.2, 0.25) is 0 Å². The second-order valence-corrected chi connectivity index (χ2v) is 10.4. The van der Waals surface area contributed by atoms with Crippen LogP contribution in [0.15, 0.2) is 16.7 Å². The van der Waals surface area contributed by atoms with Crippen molar-refractivity contribution >= 4 is 33.2 Å². The van der Waals surface area contributed by atoms with Gasteiger partial charge in [0.05, 0.1) is 12.1 Å². The molecule has 1 amide bonds. The standard InChI is InChI=1S/C21H29BrN4O3/c1-19(2,3)21(13-20(21)5-7-25(8-6-20)18(27)28)17-24-16-15(11-14(22)12-23-16)26(17)9-10-29-4/h11-12H,5-10,13H2,1-4H3,(H,27,28). The van der Waals surface area contributed by atoms with Crippen LogP contribution in [-0.2, 0) is 16.7 Å². The highest BCUT2D eigenvalue weighted by molar-refractivity contribution is 9.10. The van der Waals surface area contributed by atoms with Gasteiger partial charge in [-0.3, -0.25) is 0 Å². The Morgan fingerprint density at radius 2 is 2.03 bits per heavy atom. The minimum Gasteiger partial charge on any atom is -0.465 e. The first-order valence-corrected chi connectivity index (χ1v) is 10.9. The van der Waals surface area contributed by atoms with Gasteiger partial charge in [0.15, 0.2) is 5.65 Å². The van der Waals surface area contributed by atoms with Crippen LogP contribution in [0.1, 0.15) is 45.9 Å². The Morgan fingerprint density at radius 3 is 2.62 bits per heavy atom.